The zero-order valence-corrected chi connectivity index (χ0v) is 17.3. The first-order valence-electron chi connectivity index (χ1n) is 9.02. The number of nitrogens with one attached hydrogen (secondary N) is 1. The number of benzene rings is 2. The van der Waals surface area contributed by atoms with Crippen LogP contribution < -0.4 is 10.1 Å². The SMILES string of the molecule is Cc1nc(C(NC(=O)COc2ccc(Cl)c3cccnc23)c2ccc(Cl)cc2)no1. The van der Waals surface area contributed by atoms with Gasteiger partial charge in [0, 0.05) is 23.5 Å². The van der Waals surface area contributed by atoms with Crippen LogP contribution in [0, 0.1) is 6.92 Å². The van der Waals surface area contributed by atoms with E-state index in [9.17, 15) is 4.79 Å². The van der Waals surface area contributed by atoms with Gasteiger partial charge in [0.1, 0.15) is 17.3 Å². The van der Waals surface area contributed by atoms with E-state index < -0.39 is 6.04 Å². The van der Waals surface area contributed by atoms with Gasteiger partial charge >= 0.3 is 0 Å². The molecule has 152 valence electrons. The van der Waals surface area contributed by atoms with Crippen molar-refractivity contribution in [3.8, 4) is 5.75 Å². The Morgan fingerprint density at radius 3 is 2.70 bits per heavy atom. The Balaban J connectivity index is 1.52. The number of hydrogen-bond donors (Lipinski definition) is 1. The van der Waals surface area contributed by atoms with Crippen LogP contribution in [-0.4, -0.2) is 27.6 Å². The predicted octanol–water partition coefficient (Wildman–Crippen LogP) is 4.52. The number of hydrogen-bond acceptors (Lipinski definition) is 6. The van der Waals surface area contributed by atoms with Gasteiger partial charge in [-0.3, -0.25) is 9.78 Å². The molecule has 0 aliphatic heterocycles. The number of pyridine rings is 1. The first-order chi connectivity index (χ1) is 14.5. The van der Waals surface area contributed by atoms with Crippen molar-refractivity contribution in [2.24, 2.45) is 0 Å². The minimum absolute atomic E-state index is 0.228. The summed E-state index contributed by atoms with van der Waals surface area (Å²) in [5.41, 5.74) is 1.34. The van der Waals surface area contributed by atoms with Gasteiger partial charge in [0.15, 0.2) is 12.4 Å². The minimum atomic E-state index is -0.615. The van der Waals surface area contributed by atoms with Gasteiger partial charge in [0.2, 0.25) is 5.89 Å². The van der Waals surface area contributed by atoms with E-state index in [4.69, 9.17) is 32.5 Å². The van der Waals surface area contributed by atoms with Crippen molar-refractivity contribution in [3.63, 3.8) is 0 Å². The lowest BCUT2D eigenvalue weighted by Gasteiger charge is -2.16. The Morgan fingerprint density at radius 2 is 1.97 bits per heavy atom. The second-order valence-corrected chi connectivity index (χ2v) is 7.30. The molecule has 30 heavy (non-hydrogen) atoms. The van der Waals surface area contributed by atoms with E-state index in [0.717, 1.165) is 10.9 Å². The van der Waals surface area contributed by atoms with Crippen molar-refractivity contribution in [3.05, 3.63) is 82.1 Å². The van der Waals surface area contributed by atoms with Crippen LogP contribution >= 0.6 is 23.2 Å². The molecule has 0 aliphatic carbocycles. The van der Waals surface area contributed by atoms with Crippen molar-refractivity contribution >= 4 is 40.0 Å². The Kier molecular flexibility index (Phi) is 5.83. The summed E-state index contributed by atoms with van der Waals surface area (Å²) in [5, 5.41) is 8.70. The molecule has 0 saturated carbocycles. The molecular weight excluding hydrogens is 427 g/mol. The third-order valence-corrected chi connectivity index (χ3v) is 4.93. The average Bonchev–Trinajstić information content (AvgIpc) is 3.18. The van der Waals surface area contributed by atoms with Crippen LogP contribution in [0.2, 0.25) is 10.0 Å². The topological polar surface area (TPSA) is 90.1 Å². The summed E-state index contributed by atoms with van der Waals surface area (Å²) in [6.45, 7) is 1.45. The first kappa shape index (κ1) is 20.1. The third-order valence-electron chi connectivity index (χ3n) is 4.35. The minimum Gasteiger partial charge on any atom is -0.481 e. The number of aromatic nitrogens is 3. The van der Waals surface area contributed by atoms with Crippen LogP contribution in [0.3, 0.4) is 0 Å². The van der Waals surface area contributed by atoms with E-state index in [-0.39, 0.29) is 12.5 Å². The molecule has 9 heteroatoms. The van der Waals surface area contributed by atoms with Crippen molar-refractivity contribution in [2.45, 2.75) is 13.0 Å². The van der Waals surface area contributed by atoms with Crippen molar-refractivity contribution < 1.29 is 14.1 Å². The second-order valence-electron chi connectivity index (χ2n) is 6.46. The van der Waals surface area contributed by atoms with Gasteiger partial charge < -0.3 is 14.6 Å². The maximum atomic E-state index is 12.7. The van der Waals surface area contributed by atoms with Gasteiger partial charge in [0.25, 0.3) is 5.91 Å². The molecule has 0 fully saturated rings. The molecule has 4 rings (SSSR count). The van der Waals surface area contributed by atoms with Gasteiger partial charge in [-0.05, 0) is 42.0 Å². The fourth-order valence-electron chi connectivity index (χ4n) is 2.96. The fraction of sp³-hybridized carbons (Fsp3) is 0.143. The number of nitrogens with zero attached hydrogens (tertiary/aromatic N) is 3. The molecule has 2 aromatic carbocycles. The lowest BCUT2D eigenvalue weighted by atomic mass is 10.1. The molecule has 0 radical (unpaired) electrons. The van der Waals surface area contributed by atoms with Crippen molar-refractivity contribution in [1.29, 1.82) is 0 Å². The Labute approximate surface area is 182 Å². The van der Waals surface area contributed by atoms with E-state index in [1.807, 2.05) is 6.07 Å². The van der Waals surface area contributed by atoms with Gasteiger partial charge in [-0.1, -0.05) is 40.5 Å². The number of ether oxygens (including phenoxy) is 1. The molecule has 1 atom stereocenters. The molecular formula is C21H16Cl2N4O3. The molecule has 1 amide bonds. The first-order valence-corrected chi connectivity index (χ1v) is 9.78. The molecule has 1 N–H and O–H groups in total. The smallest absolute Gasteiger partial charge is 0.258 e. The monoisotopic (exact) mass is 442 g/mol. The highest BCUT2D eigenvalue weighted by atomic mass is 35.5. The summed E-state index contributed by atoms with van der Waals surface area (Å²) in [6, 6.07) is 13.4. The standard InChI is InChI=1S/C21H16Cl2N4O3/c1-12-25-21(27-30-12)19(13-4-6-14(22)7-5-13)26-18(28)11-29-17-9-8-16(23)15-3-2-10-24-20(15)17/h2-10,19H,11H2,1H3,(H,26,28). The number of aryl methyl sites for hydroxylation is 1. The molecule has 7 nitrogen and oxygen atoms in total. The van der Waals surface area contributed by atoms with E-state index in [2.05, 4.69) is 20.4 Å². The van der Waals surface area contributed by atoms with Gasteiger partial charge in [-0.15, -0.1) is 0 Å². The van der Waals surface area contributed by atoms with Crippen LogP contribution in [0.4, 0.5) is 0 Å². The predicted molar refractivity (Wildman–Crippen MR) is 113 cm³/mol. The van der Waals surface area contributed by atoms with Gasteiger partial charge in [0.05, 0.1) is 5.02 Å². The molecule has 1 unspecified atom stereocenters. The zero-order chi connectivity index (χ0) is 21.1. The van der Waals surface area contributed by atoms with Crippen molar-refractivity contribution in [2.75, 3.05) is 6.61 Å². The van der Waals surface area contributed by atoms with E-state index >= 15 is 0 Å². The van der Waals surface area contributed by atoms with E-state index in [0.29, 0.717) is 33.0 Å². The Morgan fingerprint density at radius 1 is 1.17 bits per heavy atom. The maximum Gasteiger partial charge on any atom is 0.258 e. The number of amides is 1. The van der Waals surface area contributed by atoms with Crippen LogP contribution in [-0.2, 0) is 4.79 Å². The number of rotatable bonds is 6. The second kappa shape index (κ2) is 8.69. The lowest BCUT2D eigenvalue weighted by molar-refractivity contribution is -0.123. The normalized spacial score (nSPS) is 12.0. The number of carbonyl (C=O) groups is 1. The highest BCUT2D eigenvalue weighted by Gasteiger charge is 2.22. The molecule has 0 aliphatic rings. The highest BCUT2D eigenvalue weighted by Crippen LogP contribution is 2.29. The summed E-state index contributed by atoms with van der Waals surface area (Å²) in [7, 11) is 0. The summed E-state index contributed by atoms with van der Waals surface area (Å²) in [4.78, 5) is 21.2. The Hall–Kier alpha value is -3.16. The summed E-state index contributed by atoms with van der Waals surface area (Å²) < 4.78 is 10.8. The fourth-order valence-corrected chi connectivity index (χ4v) is 3.30. The van der Waals surface area contributed by atoms with E-state index in [1.165, 1.54) is 0 Å². The number of fused-ring (bicyclic) bond motifs is 1. The van der Waals surface area contributed by atoms with Crippen LogP contribution in [0.25, 0.3) is 10.9 Å². The molecule has 0 bridgehead atoms. The number of halogens is 2. The summed E-state index contributed by atoms with van der Waals surface area (Å²) in [6.07, 6.45) is 1.64. The third kappa shape index (κ3) is 4.37. The molecule has 0 saturated heterocycles. The quantitative estimate of drug-likeness (QED) is 0.472. The van der Waals surface area contributed by atoms with Gasteiger partial charge in [-0.2, -0.15) is 4.98 Å². The van der Waals surface area contributed by atoms with E-state index in [1.54, 1.807) is 55.6 Å². The van der Waals surface area contributed by atoms with Gasteiger partial charge in [-0.25, -0.2) is 0 Å². The van der Waals surface area contributed by atoms with Crippen LogP contribution in [0.15, 0.2) is 59.3 Å². The maximum absolute atomic E-state index is 12.7. The Bertz CT molecular complexity index is 1190. The van der Waals surface area contributed by atoms with Crippen LogP contribution in [0.1, 0.15) is 23.3 Å². The number of carbonyl (C=O) groups excluding carboxylic acids is 1. The average molecular weight is 443 g/mol. The molecule has 4 aromatic rings. The molecule has 2 aromatic heterocycles. The molecule has 2 heterocycles. The zero-order valence-electron chi connectivity index (χ0n) is 15.8. The largest absolute Gasteiger partial charge is 0.481 e. The molecule has 0 spiro atoms. The summed E-state index contributed by atoms with van der Waals surface area (Å²) in [5.74, 6) is 0.829. The van der Waals surface area contributed by atoms with Crippen LogP contribution in [0.5, 0.6) is 5.75 Å². The summed E-state index contributed by atoms with van der Waals surface area (Å²) >= 11 is 12.2. The lowest BCUT2D eigenvalue weighted by Crippen LogP contribution is -2.33. The van der Waals surface area contributed by atoms with Crippen molar-refractivity contribution in [1.82, 2.24) is 20.4 Å². The highest BCUT2D eigenvalue weighted by molar-refractivity contribution is 6.35.